The first kappa shape index (κ1) is 67.8. The number of benzene rings is 6. The van der Waals surface area contributed by atoms with Gasteiger partial charge in [-0.1, -0.05) is 23.6 Å². The SMILES string of the molecule is C#Cc1ccc(S(=O)(=O)N2CCC(c3c(C)n(CC(=O)O)c4ccc(F)cc34)CC2)cc1.Cc1c(C2CC3CCC2N3S(=O)(=O)c2ccc(F)cc2)c2cc(F)ccc2n1CC(=O)O.Cc1ccc(S(=O)(=O)N2CCC(c3c(C)n(CC(=O)O)c4ccc(F)cc34)CC2)cc1. The number of hydrogen-bond donors (Lipinski definition) is 3. The number of carboxylic acid groups (broad SMARTS) is 3. The molecule has 0 aliphatic carbocycles. The maximum atomic E-state index is 14.2. The van der Waals surface area contributed by atoms with Crippen molar-refractivity contribution >= 4 is 80.7 Å². The third-order valence-corrected chi connectivity index (χ3v) is 25.0. The Bertz CT molecular complexity index is 4880. The molecule has 4 aliphatic rings. The number of nitrogens with zero attached hydrogens (tertiary/aromatic N) is 6. The first-order valence-electron chi connectivity index (χ1n) is 31.0. The van der Waals surface area contributed by atoms with E-state index in [2.05, 4.69) is 5.92 Å². The quantitative estimate of drug-likeness (QED) is 0.0642. The zero-order chi connectivity index (χ0) is 68.2. The number of carbonyl (C=O) groups is 3. The summed E-state index contributed by atoms with van der Waals surface area (Å²) in [6, 6.07) is 30.4. The molecule has 9 aromatic rings. The number of halogens is 4. The average Bonchev–Trinajstić information content (AvgIpc) is 1.59. The lowest BCUT2D eigenvalue weighted by Crippen LogP contribution is -2.38. The summed E-state index contributed by atoms with van der Waals surface area (Å²) in [4.78, 5) is 34.7. The van der Waals surface area contributed by atoms with Crippen LogP contribution in [0.5, 0.6) is 0 Å². The van der Waals surface area contributed by atoms with Crippen molar-refractivity contribution in [3.63, 3.8) is 0 Å². The Labute approximate surface area is 547 Å². The number of hydrogen-bond acceptors (Lipinski definition) is 9. The molecule has 18 nitrogen and oxygen atoms in total. The second-order valence-electron chi connectivity index (χ2n) is 24.7. The molecule has 13 rings (SSSR count). The van der Waals surface area contributed by atoms with Gasteiger partial charge in [0.15, 0.2) is 0 Å². The van der Waals surface area contributed by atoms with Crippen molar-refractivity contribution in [2.45, 2.75) is 137 Å². The van der Waals surface area contributed by atoms with Crippen LogP contribution in [0.3, 0.4) is 0 Å². The number of piperidine rings is 2. The van der Waals surface area contributed by atoms with E-state index in [1.54, 1.807) is 75.2 Å². The van der Waals surface area contributed by atoms with Gasteiger partial charge in [-0.25, -0.2) is 42.8 Å². The smallest absolute Gasteiger partial charge is 0.323 e. The molecule has 3 atom stereocenters. The Balaban J connectivity index is 0.000000145. The summed E-state index contributed by atoms with van der Waals surface area (Å²) in [6.45, 7) is 8.11. The molecule has 2 bridgehead atoms. The molecule has 3 aromatic heterocycles. The summed E-state index contributed by atoms with van der Waals surface area (Å²) in [5, 5.41) is 30.0. The minimum absolute atomic E-state index is 0.00427. The second-order valence-corrected chi connectivity index (χ2v) is 30.4. The van der Waals surface area contributed by atoms with Crippen molar-refractivity contribution in [3.05, 3.63) is 196 Å². The van der Waals surface area contributed by atoms with Crippen LogP contribution in [0.4, 0.5) is 17.6 Å². The summed E-state index contributed by atoms with van der Waals surface area (Å²) in [7, 11) is -11.0. The molecule has 4 aliphatic heterocycles. The fraction of sp³-hybridized carbons (Fsp3) is 0.329. The van der Waals surface area contributed by atoms with Crippen molar-refractivity contribution in [1.82, 2.24) is 26.6 Å². The number of aliphatic carboxylic acids is 3. The second kappa shape index (κ2) is 26.9. The van der Waals surface area contributed by atoms with Gasteiger partial charge in [0.2, 0.25) is 30.1 Å². The van der Waals surface area contributed by atoms with E-state index in [1.807, 2.05) is 20.8 Å². The van der Waals surface area contributed by atoms with E-state index in [1.165, 1.54) is 73.6 Å². The molecule has 25 heteroatoms. The molecule has 7 heterocycles. The zero-order valence-corrected chi connectivity index (χ0v) is 54.9. The van der Waals surface area contributed by atoms with Crippen LogP contribution in [0, 0.1) is 63.3 Å². The molecule has 0 saturated carbocycles. The highest BCUT2D eigenvalue weighted by Gasteiger charge is 2.53. The predicted molar refractivity (Wildman–Crippen MR) is 349 cm³/mol. The molecule has 0 radical (unpaired) electrons. The molecule has 0 amide bonds. The van der Waals surface area contributed by atoms with Crippen LogP contribution >= 0.6 is 0 Å². The van der Waals surface area contributed by atoms with Gasteiger partial charge in [0.05, 0.1) is 14.7 Å². The summed E-state index contributed by atoms with van der Waals surface area (Å²) in [6.07, 6.45) is 9.61. The minimum atomic E-state index is -3.83. The molecule has 4 saturated heterocycles. The van der Waals surface area contributed by atoms with Crippen LogP contribution in [0.1, 0.15) is 108 Å². The monoisotopic (exact) mass is 1360 g/mol. The van der Waals surface area contributed by atoms with E-state index in [9.17, 15) is 72.5 Å². The van der Waals surface area contributed by atoms with Crippen molar-refractivity contribution in [2.75, 3.05) is 26.2 Å². The Morgan fingerprint density at radius 3 is 1.20 bits per heavy atom. The number of rotatable bonds is 15. The first-order chi connectivity index (χ1) is 45.1. The van der Waals surface area contributed by atoms with Crippen molar-refractivity contribution in [3.8, 4) is 12.3 Å². The largest absolute Gasteiger partial charge is 0.480 e. The standard InChI is InChI=1S/C24H23FN2O4S.C23H22F2N2O4S.C23H25FN2O4S/c1-3-17-4-7-20(8-5-17)32(30,31)26-12-10-18(11-13-26)24-16(2)27(15-23(28)29)22-9-6-19(25)14-21(22)24;1-13-23(18-10-15(25)4-8-20(18)26(13)12-22(28)29)19-11-16-5-9-21(19)27(16)32(30,31)17-6-2-14(24)3-7-17;1-15-3-6-19(7-4-15)31(29,30)25-11-9-17(10-12-25)23-16(2)26(14-22(27)28)21-8-5-18(24)13-20(21)23/h1,4-9,14,18H,10-13,15H2,2H3,(H,28,29);2-4,6-8,10,16,19,21H,5,9,11-12H2,1H3,(H,28,29);3-8,13,17H,9-12,14H2,1-2H3,(H,27,28). The van der Waals surface area contributed by atoms with Crippen LogP contribution in [0.25, 0.3) is 32.7 Å². The summed E-state index contributed by atoms with van der Waals surface area (Å²) in [5.74, 6) is -2.30. The molecule has 4 fully saturated rings. The van der Waals surface area contributed by atoms with Gasteiger partial charge >= 0.3 is 17.9 Å². The average molecular weight is 1360 g/mol. The lowest BCUT2D eigenvalue weighted by atomic mass is 9.82. The fourth-order valence-corrected chi connectivity index (χ4v) is 19.7. The highest BCUT2D eigenvalue weighted by Crippen LogP contribution is 2.52. The van der Waals surface area contributed by atoms with Gasteiger partial charge in [-0.05, 0) is 216 Å². The van der Waals surface area contributed by atoms with Crippen LogP contribution in [-0.2, 0) is 64.1 Å². The van der Waals surface area contributed by atoms with Gasteiger partial charge in [0, 0.05) is 99.5 Å². The third-order valence-electron chi connectivity index (χ3n) is 19.2. The zero-order valence-electron chi connectivity index (χ0n) is 52.4. The van der Waals surface area contributed by atoms with Crippen molar-refractivity contribution in [2.24, 2.45) is 0 Å². The number of carboxylic acids is 3. The topological polar surface area (TPSA) is 239 Å². The number of terminal acetylenes is 1. The van der Waals surface area contributed by atoms with Crippen LogP contribution in [0.2, 0.25) is 0 Å². The van der Waals surface area contributed by atoms with Gasteiger partial charge in [-0.15, -0.1) is 6.42 Å². The lowest BCUT2D eigenvalue weighted by molar-refractivity contribution is -0.138. The molecule has 3 unspecified atom stereocenters. The number of aryl methyl sites for hydroxylation is 1. The molecular weight excluding hydrogens is 1290 g/mol. The van der Waals surface area contributed by atoms with Gasteiger partial charge in [0.1, 0.15) is 42.9 Å². The van der Waals surface area contributed by atoms with Gasteiger partial charge < -0.3 is 29.0 Å². The van der Waals surface area contributed by atoms with Gasteiger partial charge in [-0.2, -0.15) is 12.9 Å². The molecule has 6 aromatic carbocycles. The van der Waals surface area contributed by atoms with Gasteiger partial charge in [-0.3, -0.25) is 14.4 Å². The van der Waals surface area contributed by atoms with Gasteiger partial charge in [0.25, 0.3) is 0 Å². The molecule has 95 heavy (non-hydrogen) atoms. The van der Waals surface area contributed by atoms with Crippen molar-refractivity contribution < 1.29 is 72.5 Å². The van der Waals surface area contributed by atoms with E-state index in [0.717, 1.165) is 52.2 Å². The normalized spacial score (nSPS) is 18.4. The lowest BCUT2D eigenvalue weighted by Gasteiger charge is -2.31. The van der Waals surface area contributed by atoms with Crippen molar-refractivity contribution in [1.29, 1.82) is 0 Å². The Hall–Kier alpha value is -8.64. The number of aromatic nitrogens is 3. The highest BCUT2D eigenvalue weighted by atomic mass is 32.2. The summed E-state index contributed by atoms with van der Waals surface area (Å²) in [5.41, 5.74) is 8.51. The fourth-order valence-electron chi connectivity index (χ4n) is 14.8. The number of sulfonamides is 3. The predicted octanol–water partition coefficient (Wildman–Crippen LogP) is 11.8. The van der Waals surface area contributed by atoms with E-state index in [4.69, 9.17) is 6.42 Å². The minimum Gasteiger partial charge on any atom is -0.480 e. The summed E-state index contributed by atoms with van der Waals surface area (Å²) < 4.78 is 144. The first-order valence-corrected chi connectivity index (χ1v) is 35.3. The maximum absolute atomic E-state index is 14.2. The van der Waals surface area contributed by atoms with Crippen LogP contribution in [-0.4, -0.2) is 123 Å². The molecule has 0 spiro atoms. The van der Waals surface area contributed by atoms with E-state index >= 15 is 0 Å². The third kappa shape index (κ3) is 13.3. The molecule has 3 N–H and O–H groups in total. The molecule has 498 valence electrons. The van der Waals surface area contributed by atoms with Crippen LogP contribution < -0.4 is 0 Å². The van der Waals surface area contributed by atoms with E-state index in [0.29, 0.717) is 109 Å². The highest BCUT2D eigenvalue weighted by molar-refractivity contribution is 7.89. The molecular formula is C70H70F4N6O12S3. The Morgan fingerprint density at radius 2 is 0.811 bits per heavy atom. The Kier molecular flexibility index (Phi) is 19.2. The summed E-state index contributed by atoms with van der Waals surface area (Å²) >= 11 is 0. The van der Waals surface area contributed by atoms with E-state index < -0.39 is 59.6 Å². The number of fused-ring (bicyclic) bond motifs is 5. The maximum Gasteiger partial charge on any atom is 0.323 e. The van der Waals surface area contributed by atoms with E-state index in [-0.39, 0.29) is 75.8 Å². The van der Waals surface area contributed by atoms with Crippen LogP contribution in [0.15, 0.2) is 142 Å². The Morgan fingerprint density at radius 1 is 0.463 bits per heavy atom.